The number of esters is 1. The quantitative estimate of drug-likeness (QED) is 0.332. The summed E-state index contributed by atoms with van der Waals surface area (Å²) in [6.45, 7) is 1.84. The Morgan fingerprint density at radius 3 is 2.67 bits per heavy atom. The van der Waals surface area contributed by atoms with Gasteiger partial charge in [-0.05, 0) is 81.0 Å². The van der Waals surface area contributed by atoms with Crippen LogP contribution in [0.4, 0.5) is 4.79 Å². The van der Waals surface area contributed by atoms with Crippen LogP contribution in [0, 0.1) is 3.57 Å². The maximum Gasteiger partial charge on any atom is 0.344 e. The highest BCUT2D eigenvalue weighted by molar-refractivity contribution is 14.1. The molecule has 0 atom stereocenters. The fourth-order valence-corrected chi connectivity index (χ4v) is 4.43. The molecule has 2 amide bonds. The minimum atomic E-state index is -0.444. The topological polar surface area (TPSA) is 72.9 Å². The molecule has 0 unspecified atom stereocenters. The molecule has 6 nitrogen and oxygen atoms in total. The number of nitrogens with zero attached hydrogens (tertiary/aromatic N) is 1. The maximum atomic E-state index is 11.9. The van der Waals surface area contributed by atoms with Crippen LogP contribution >= 0.6 is 50.3 Å². The molecule has 0 aromatic heterocycles. The number of thioether (sulfide) groups is 1. The third-order valence-corrected chi connectivity index (χ3v) is 5.30. The highest BCUT2D eigenvalue weighted by Crippen LogP contribution is 2.35. The van der Waals surface area contributed by atoms with Crippen molar-refractivity contribution in [1.82, 2.24) is 4.90 Å². The van der Waals surface area contributed by atoms with E-state index in [0.717, 1.165) is 25.8 Å². The van der Waals surface area contributed by atoms with Gasteiger partial charge in [-0.2, -0.15) is 0 Å². The van der Waals surface area contributed by atoms with Gasteiger partial charge in [-0.15, -0.1) is 0 Å². The first-order valence-corrected chi connectivity index (χ1v) is 9.51. The number of rotatable bonds is 5. The van der Waals surface area contributed by atoms with Crippen molar-refractivity contribution in [2.24, 2.45) is 0 Å². The van der Waals surface area contributed by atoms with E-state index in [4.69, 9.17) is 9.47 Å². The molecule has 1 aromatic rings. The number of carbonyl (C=O) groups is 3. The first kappa shape index (κ1) is 19.3. The molecule has 0 radical (unpaired) electrons. The van der Waals surface area contributed by atoms with E-state index in [2.05, 4.69) is 38.5 Å². The van der Waals surface area contributed by atoms with E-state index < -0.39 is 5.97 Å². The highest BCUT2D eigenvalue weighted by atomic mass is 127. The van der Waals surface area contributed by atoms with Crippen LogP contribution in [0.1, 0.15) is 12.5 Å². The first-order chi connectivity index (χ1) is 11.3. The second kappa shape index (κ2) is 8.34. The molecule has 24 heavy (non-hydrogen) atoms. The monoisotopic (exact) mass is 525 g/mol. The number of hydrogen-bond donors (Lipinski definition) is 0. The van der Waals surface area contributed by atoms with Gasteiger partial charge in [-0.3, -0.25) is 14.5 Å². The Labute approximate surface area is 165 Å². The van der Waals surface area contributed by atoms with Gasteiger partial charge >= 0.3 is 5.97 Å². The standard InChI is InChI=1S/C15H13BrINO5S/c1-3-22-12(19)7-23-13-9(16)4-8(5-10(13)17)6-11-14(20)18(2)15(21)24-11/h4-6H,3,7H2,1-2H3/b11-6-. The van der Waals surface area contributed by atoms with E-state index >= 15 is 0 Å². The number of benzene rings is 1. The van der Waals surface area contributed by atoms with Crippen LogP contribution in [0.15, 0.2) is 21.5 Å². The third-order valence-electron chi connectivity index (χ3n) is 2.94. The second-order valence-corrected chi connectivity index (χ2v) is 7.66. The van der Waals surface area contributed by atoms with Crippen LogP contribution < -0.4 is 4.74 Å². The number of hydrogen-bond acceptors (Lipinski definition) is 6. The summed E-state index contributed by atoms with van der Waals surface area (Å²) in [5.41, 5.74) is 0.744. The number of amides is 2. The second-order valence-electron chi connectivity index (χ2n) is 4.65. The number of carbonyl (C=O) groups excluding carboxylic acids is 3. The highest BCUT2D eigenvalue weighted by Gasteiger charge is 2.31. The van der Waals surface area contributed by atoms with Crippen molar-refractivity contribution in [3.63, 3.8) is 0 Å². The van der Waals surface area contributed by atoms with Gasteiger partial charge in [-0.25, -0.2) is 4.79 Å². The van der Waals surface area contributed by atoms with Crippen LogP contribution in [0.3, 0.4) is 0 Å². The number of ether oxygens (including phenoxy) is 2. The van der Waals surface area contributed by atoms with Crippen molar-refractivity contribution >= 4 is 73.5 Å². The molecule has 0 saturated carbocycles. The lowest BCUT2D eigenvalue weighted by molar-refractivity contribution is -0.145. The van der Waals surface area contributed by atoms with Gasteiger partial charge in [0.05, 0.1) is 19.6 Å². The predicted molar refractivity (Wildman–Crippen MR) is 103 cm³/mol. The van der Waals surface area contributed by atoms with E-state index in [0.29, 0.717) is 21.7 Å². The van der Waals surface area contributed by atoms with Crippen molar-refractivity contribution in [2.75, 3.05) is 20.3 Å². The van der Waals surface area contributed by atoms with Gasteiger partial charge in [-0.1, -0.05) is 0 Å². The lowest BCUT2D eigenvalue weighted by atomic mass is 10.2. The lowest BCUT2D eigenvalue weighted by Gasteiger charge is -2.11. The Morgan fingerprint density at radius 1 is 1.42 bits per heavy atom. The van der Waals surface area contributed by atoms with E-state index in [1.807, 2.05) is 0 Å². The molecule has 0 aliphatic carbocycles. The fourth-order valence-electron chi connectivity index (χ4n) is 1.83. The third kappa shape index (κ3) is 4.51. The molecule has 1 aliphatic rings. The molecule has 0 spiro atoms. The summed E-state index contributed by atoms with van der Waals surface area (Å²) in [6, 6.07) is 3.56. The Bertz CT molecular complexity index is 714. The normalized spacial score (nSPS) is 16.0. The van der Waals surface area contributed by atoms with E-state index in [-0.39, 0.29) is 17.8 Å². The smallest absolute Gasteiger partial charge is 0.344 e. The predicted octanol–water partition coefficient (Wildman–Crippen LogP) is 3.66. The zero-order valence-electron chi connectivity index (χ0n) is 12.8. The summed E-state index contributed by atoms with van der Waals surface area (Å²) in [4.78, 5) is 36.3. The van der Waals surface area contributed by atoms with Gasteiger partial charge in [0.2, 0.25) is 0 Å². The summed E-state index contributed by atoms with van der Waals surface area (Å²) < 4.78 is 11.7. The van der Waals surface area contributed by atoms with Crippen LogP contribution in [-0.4, -0.2) is 42.3 Å². The molecule has 1 aliphatic heterocycles. The molecule has 0 N–H and O–H groups in total. The van der Waals surface area contributed by atoms with Crippen molar-refractivity contribution in [2.45, 2.75) is 6.92 Å². The number of halogens is 2. The molecule has 0 bridgehead atoms. The maximum absolute atomic E-state index is 11.9. The minimum Gasteiger partial charge on any atom is -0.480 e. The average Bonchev–Trinajstić information content (AvgIpc) is 2.74. The molecular weight excluding hydrogens is 513 g/mol. The van der Waals surface area contributed by atoms with Crippen molar-refractivity contribution in [1.29, 1.82) is 0 Å². The van der Waals surface area contributed by atoms with Crippen LogP contribution in [0.5, 0.6) is 5.75 Å². The molecule has 1 fully saturated rings. The molecule has 1 saturated heterocycles. The summed E-state index contributed by atoms with van der Waals surface area (Å²) in [5, 5.41) is -0.297. The SMILES string of the molecule is CCOC(=O)COc1c(Br)cc(/C=C2\SC(=O)N(C)C2=O)cc1I. The average molecular weight is 526 g/mol. The largest absolute Gasteiger partial charge is 0.480 e. The van der Waals surface area contributed by atoms with Crippen molar-refractivity contribution < 1.29 is 23.9 Å². The van der Waals surface area contributed by atoms with Crippen molar-refractivity contribution in [3.05, 3.63) is 30.6 Å². The van der Waals surface area contributed by atoms with E-state index in [1.54, 1.807) is 25.1 Å². The molecule has 1 heterocycles. The Morgan fingerprint density at radius 2 is 2.12 bits per heavy atom. The van der Waals surface area contributed by atoms with Gasteiger partial charge in [0.15, 0.2) is 6.61 Å². The zero-order chi connectivity index (χ0) is 17.9. The lowest BCUT2D eigenvalue weighted by Crippen LogP contribution is -2.22. The Hall–Kier alpha value is -1.07. The van der Waals surface area contributed by atoms with Crippen molar-refractivity contribution in [3.8, 4) is 5.75 Å². The fraction of sp³-hybridized carbons (Fsp3) is 0.267. The summed E-state index contributed by atoms with van der Waals surface area (Å²) in [5.74, 6) is -0.246. The molecule has 128 valence electrons. The molecule has 2 rings (SSSR count). The van der Waals surface area contributed by atoms with E-state index in [1.165, 1.54) is 7.05 Å². The van der Waals surface area contributed by atoms with Gasteiger partial charge in [0.1, 0.15) is 5.75 Å². The zero-order valence-corrected chi connectivity index (χ0v) is 17.4. The summed E-state index contributed by atoms with van der Waals surface area (Å²) in [7, 11) is 1.45. The Balaban J connectivity index is 2.19. The molecule has 9 heteroatoms. The van der Waals surface area contributed by atoms with Gasteiger partial charge in [0, 0.05) is 7.05 Å². The van der Waals surface area contributed by atoms with Gasteiger partial charge in [0.25, 0.3) is 11.1 Å². The molecular formula is C15H13BrINO5S. The summed E-state index contributed by atoms with van der Waals surface area (Å²) in [6.07, 6.45) is 1.65. The van der Waals surface area contributed by atoms with Crippen LogP contribution in [0.25, 0.3) is 6.08 Å². The van der Waals surface area contributed by atoms with Crippen LogP contribution in [0.2, 0.25) is 0 Å². The van der Waals surface area contributed by atoms with Crippen LogP contribution in [-0.2, 0) is 14.3 Å². The first-order valence-electron chi connectivity index (χ1n) is 6.82. The molecule has 1 aromatic carbocycles. The minimum absolute atomic E-state index is 0.184. The van der Waals surface area contributed by atoms with Gasteiger partial charge < -0.3 is 9.47 Å². The number of imide groups is 1. The number of likely N-dealkylation sites (N-methyl/N-ethyl adjacent to an activating group) is 1. The summed E-state index contributed by atoms with van der Waals surface area (Å²) >= 11 is 6.37. The Kier molecular flexibility index (Phi) is 6.70. The van der Waals surface area contributed by atoms with E-state index in [9.17, 15) is 14.4 Å².